The van der Waals surface area contributed by atoms with Gasteiger partial charge in [0, 0.05) is 10.9 Å². The van der Waals surface area contributed by atoms with Crippen LogP contribution in [0.15, 0.2) is 22.7 Å². The van der Waals surface area contributed by atoms with Gasteiger partial charge in [0.15, 0.2) is 0 Å². The summed E-state index contributed by atoms with van der Waals surface area (Å²) in [6.07, 6.45) is -5.72. The van der Waals surface area contributed by atoms with E-state index in [1.807, 2.05) is 0 Å². The summed E-state index contributed by atoms with van der Waals surface area (Å²) in [5.74, 6) is -2.57. The summed E-state index contributed by atoms with van der Waals surface area (Å²) < 4.78 is 48.7. The summed E-state index contributed by atoms with van der Waals surface area (Å²) in [7, 11) is 0. The van der Waals surface area contributed by atoms with Gasteiger partial charge >= 0.3 is 6.18 Å². The highest BCUT2D eigenvalue weighted by atomic mass is 79.9. The molecule has 0 saturated heterocycles. The van der Waals surface area contributed by atoms with Crippen molar-refractivity contribution in [2.24, 2.45) is 0 Å². The van der Waals surface area contributed by atoms with Gasteiger partial charge in [-0.1, -0.05) is 15.9 Å². The molecular weight excluding hydrogens is 280 g/mol. The lowest BCUT2D eigenvalue weighted by Crippen LogP contribution is -2.24. The Labute approximate surface area is 91.2 Å². The van der Waals surface area contributed by atoms with E-state index in [0.717, 1.165) is 12.1 Å². The molecule has 0 bridgehead atoms. The second-order valence-electron chi connectivity index (χ2n) is 2.88. The van der Waals surface area contributed by atoms with Crippen LogP contribution in [-0.2, 0) is 11.2 Å². The molecule has 6 heteroatoms. The molecule has 0 N–H and O–H groups in total. The van der Waals surface area contributed by atoms with Gasteiger partial charge in [0.25, 0.3) is 0 Å². The summed E-state index contributed by atoms with van der Waals surface area (Å²) >= 11 is 2.92. The van der Waals surface area contributed by atoms with Crippen LogP contribution in [0.4, 0.5) is 17.6 Å². The van der Waals surface area contributed by atoms with Crippen molar-refractivity contribution in [3.8, 4) is 0 Å². The van der Waals surface area contributed by atoms with Crippen molar-refractivity contribution in [2.45, 2.75) is 12.6 Å². The molecule has 1 nitrogen and oxygen atoms in total. The van der Waals surface area contributed by atoms with Gasteiger partial charge < -0.3 is 0 Å². The molecule has 0 fully saturated rings. The minimum Gasteiger partial charge on any atom is -0.289 e. The van der Waals surface area contributed by atoms with Gasteiger partial charge in [-0.05, 0) is 23.8 Å². The van der Waals surface area contributed by atoms with Gasteiger partial charge in [-0.15, -0.1) is 0 Å². The maximum atomic E-state index is 12.8. The zero-order valence-corrected chi connectivity index (χ0v) is 8.82. The number of benzene rings is 1. The Morgan fingerprint density at radius 2 is 1.87 bits per heavy atom. The topological polar surface area (TPSA) is 17.1 Å². The molecule has 0 aliphatic rings. The van der Waals surface area contributed by atoms with Crippen LogP contribution < -0.4 is 0 Å². The van der Waals surface area contributed by atoms with Crippen molar-refractivity contribution in [2.75, 3.05) is 0 Å². The largest absolute Gasteiger partial charge is 0.450 e. The molecule has 0 saturated carbocycles. The van der Waals surface area contributed by atoms with Gasteiger partial charge in [-0.25, -0.2) is 4.39 Å². The van der Waals surface area contributed by atoms with E-state index in [1.165, 1.54) is 6.07 Å². The molecule has 0 aliphatic heterocycles. The Bertz CT molecular complexity index is 366. The van der Waals surface area contributed by atoms with Crippen molar-refractivity contribution in [3.05, 3.63) is 34.1 Å². The van der Waals surface area contributed by atoms with Crippen molar-refractivity contribution in [1.82, 2.24) is 0 Å². The summed E-state index contributed by atoms with van der Waals surface area (Å²) in [6, 6.07) is 3.27. The third-order valence-corrected chi connectivity index (χ3v) is 2.06. The minimum atomic E-state index is -4.88. The van der Waals surface area contributed by atoms with Gasteiger partial charge in [-0.3, -0.25) is 4.79 Å². The van der Waals surface area contributed by atoms with Crippen molar-refractivity contribution < 1.29 is 22.4 Å². The number of hydrogen-bond donors (Lipinski definition) is 0. The molecule has 0 amide bonds. The lowest BCUT2D eigenvalue weighted by Gasteiger charge is -2.05. The normalized spacial score (nSPS) is 11.5. The summed E-state index contributed by atoms with van der Waals surface area (Å²) in [5.41, 5.74) is -0.0100. The average molecular weight is 285 g/mol. The minimum absolute atomic E-state index is 0.0100. The third-order valence-electron chi connectivity index (χ3n) is 1.60. The van der Waals surface area contributed by atoms with Crippen LogP contribution in [0.3, 0.4) is 0 Å². The van der Waals surface area contributed by atoms with Crippen LogP contribution in [0.2, 0.25) is 0 Å². The van der Waals surface area contributed by atoms with Crippen LogP contribution in [-0.4, -0.2) is 12.0 Å². The summed E-state index contributed by atoms with van der Waals surface area (Å²) in [6.45, 7) is 0. The predicted molar refractivity (Wildman–Crippen MR) is 48.9 cm³/mol. The number of carbonyl (C=O) groups excluding carboxylic acids is 1. The Morgan fingerprint density at radius 1 is 1.27 bits per heavy atom. The third kappa shape index (κ3) is 3.62. The molecule has 15 heavy (non-hydrogen) atoms. The first-order valence-corrected chi connectivity index (χ1v) is 4.63. The molecule has 82 valence electrons. The number of hydrogen-bond acceptors (Lipinski definition) is 1. The summed E-state index contributed by atoms with van der Waals surface area (Å²) in [4.78, 5) is 10.6. The van der Waals surface area contributed by atoms with Crippen molar-refractivity contribution >= 4 is 21.7 Å². The Hall–Kier alpha value is -0.910. The molecule has 0 aromatic heterocycles. The smallest absolute Gasteiger partial charge is 0.289 e. The van der Waals surface area contributed by atoms with E-state index in [-0.39, 0.29) is 5.56 Å². The standard InChI is InChI=1S/C9H5BrF4O/c10-6-1-5(2-7(11)4-6)3-8(15)9(12,13)14/h1-2,4H,3H2. The molecule has 1 aromatic carbocycles. The molecule has 0 radical (unpaired) electrons. The Morgan fingerprint density at radius 3 is 2.33 bits per heavy atom. The lowest BCUT2D eigenvalue weighted by molar-refractivity contribution is -0.170. The van der Waals surface area contributed by atoms with E-state index in [9.17, 15) is 22.4 Å². The molecular formula is C9H5BrF4O. The highest BCUT2D eigenvalue weighted by Gasteiger charge is 2.37. The van der Waals surface area contributed by atoms with Crippen LogP contribution in [0.25, 0.3) is 0 Å². The number of ketones is 1. The molecule has 0 aliphatic carbocycles. The van der Waals surface area contributed by atoms with E-state index < -0.39 is 24.2 Å². The molecule has 1 rings (SSSR count). The number of alkyl halides is 3. The molecule has 0 unspecified atom stereocenters. The molecule has 1 aromatic rings. The Balaban J connectivity index is 2.86. The first-order chi connectivity index (χ1) is 6.79. The first kappa shape index (κ1) is 12.2. The van der Waals surface area contributed by atoms with Crippen LogP contribution in [0.1, 0.15) is 5.56 Å². The molecule has 0 atom stereocenters. The number of Topliss-reactive ketones (excluding diaryl/α,β-unsaturated/α-hetero) is 1. The van der Waals surface area contributed by atoms with E-state index in [1.54, 1.807) is 0 Å². The van der Waals surface area contributed by atoms with Crippen LogP contribution in [0.5, 0.6) is 0 Å². The summed E-state index contributed by atoms with van der Waals surface area (Å²) in [5, 5.41) is 0. The van der Waals surface area contributed by atoms with Gasteiger partial charge in [0.05, 0.1) is 0 Å². The van der Waals surface area contributed by atoms with E-state index in [4.69, 9.17) is 0 Å². The second-order valence-corrected chi connectivity index (χ2v) is 3.79. The van der Waals surface area contributed by atoms with Crippen LogP contribution >= 0.6 is 15.9 Å². The van der Waals surface area contributed by atoms with Gasteiger partial charge in [-0.2, -0.15) is 13.2 Å². The number of carbonyl (C=O) groups is 1. The number of halogens is 5. The lowest BCUT2D eigenvalue weighted by atomic mass is 10.1. The zero-order valence-electron chi connectivity index (χ0n) is 7.24. The number of rotatable bonds is 2. The van der Waals surface area contributed by atoms with Gasteiger partial charge in [0.1, 0.15) is 5.82 Å². The molecule has 0 spiro atoms. The van der Waals surface area contributed by atoms with Crippen molar-refractivity contribution in [1.29, 1.82) is 0 Å². The fraction of sp³-hybridized carbons (Fsp3) is 0.222. The first-order valence-electron chi connectivity index (χ1n) is 3.84. The van der Waals surface area contributed by atoms with E-state index >= 15 is 0 Å². The maximum Gasteiger partial charge on any atom is 0.450 e. The highest BCUT2D eigenvalue weighted by Crippen LogP contribution is 2.21. The monoisotopic (exact) mass is 284 g/mol. The zero-order chi connectivity index (χ0) is 11.6. The Kier molecular flexibility index (Phi) is 3.49. The van der Waals surface area contributed by atoms with Crippen molar-refractivity contribution in [3.63, 3.8) is 0 Å². The average Bonchev–Trinajstić information content (AvgIpc) is 1.99. The molecule has 0 heterocycles. The highest BCUT2D eigenvalue weighted by molar-refractivity contribution is 9.10. The van der Waals surface area contributed by atoms with Gasteiger partial charge in [0.2, 0.25) is 5.78 Å². The fourth-order valence-electron chi connectivity index (χ4n) is 0.999. The van der Waals surface area contributed by atoms with E-state index in [2.05, 4.69) is 15.9 Å². The quantitative estimate of drug-likeness (QED) is 0.762. The maximum absolute atomic E-state index is 12.8. The predicted octanol–water partition coefficient (Wildman–Crippen LogP) is 3.26. The second kappa shape index (κ2) is 4.30. The fourth-order valence-corrected chi connectivity index (χ4v) is 1.51. The van der Waals surface area contributed by atoms with E-state index in [0.29, 0.717) is 4.47 Å². The SMILES string of the molecule is O=C(Cc1cc(F)cc(Br)c1)C(F)(F)F. The van der Waals surface area contributed by atoms with Crippen LogP contribution in [0, 0.1) is 5.82 Å².